The van der Waals surface area contributed by atoms with Crippen LogP contribution in [0.4, 0.5) is 0 Å². The largest absolute Gasteiger partial charge is 0.493 e. The zero-order valence-electron chi connectivity index (χ0n) is 18.5. The molecule has 1 atom stereocenters. The molecule has 1 fully saturated rings. The molecular weight excluding hydrogens is 386 g/mol. The summed E-state index contributed by atoms with van der Waals surface area (Å²) in [5.74, 6) is 2.34. The van der Waals surface area contributed by atoms with Crippen LogP contribution in [0.25, 0.3) is 11.0 Å². The number of para-hydroxylation sites is 3. The van der Waals surface area contributed by atoms with Crippen molar-refractivity contribution in [3.8, 4) is 5.75 Å². The monoisotopic (exact) mass is 417 g/mol. The Morgan fingerprint density at radius 3 is 2.68 bits per heavy atom. The fourth-order valence-electron chi connectivity index (χ4n) is 4.49. The van der Waals surface area contributed by atoms with Crippen molar-refractivity contribution in [2.24, 2.45) is 0 Å². The molecule has 1 aliphatic heterocycles. The summed E-state index contributed by atoms with van der Waals surface area (Å²) in [4.78, 5) is 19.2. The minimum absolute atomic E-state index is 0.130. The number of hydrogen-bond acceptors (Lipinski definition) is 3. The normalized spacial score (nSPS) is 16.3. The third-order valence-electron chi connectivity index (χ3n) is 6.04. The van der Waals surface area contributed by atoms with Crippen LogP contribution in [0.1, 0.15) is 42.1 Å². The van der Waals surface area contributed by atoms with E-state index in [1.807, 2.05) is 11.0 Å². The van der Waals surface area contributed by atoms with E-state index in [1.165, 1.54) is 11.1 Å². The van der Waals surface area contributed by atoms with Crippen LogP contribution < -0.4 is 4.74 Å². The van der Waals surface area contributed by atoms with Crippen molar-refractivity contribution >= 4 is 16.9 Å². The Morgan fingerprint density at radius 2 is 1.90 bits per heavy atom. The SMILES string of the molecule is C=CCN1C[C@H](c2nc3ccccc3n2CCCCOc2c(C)cccc2C)CC1=O. The number of amides is 1. The Labute approximate surface area is 184 Å². The smallest absolute Gasteiger partial charge is 0.223 e. The van der Waals surface area contributed by atoms with Crippen molar-refractivity contribution in [3.05, 3.63) is 72.1 Å². The van der Waals surface area contributed by atoms with Crippen LogP contribution in [-0.4, -0.2) is 40.1 Å². The highest BCUT2D eigenvalue weighted by atomic mass is 16.5. The molecule has 1 amide bonds. The van der Waals surface area contributed by atoms with Crippen molar-refractivity contribution in [2.45, 2.75) is 45.6 Å². The van der Waals surface area contributed by atoms with Gasteiger partial charge in [0.15, 0.2) is 0 Å². The van der Waals surface area contributed by atoms with E-state index < -0.39 is 0 Å². The zero-order valence-corrected chi connectivity index (χ0v) is 18.5. The van der Waals surface area contributed by atoms with E-state index in [-0.39, 0.29) is 11.8 Å². The molecule has 31 heavy (non-hydrogen) atoms. The van der Waals surface area contributed by atoms with E-state index in [4.69, 9.17) is 9.72 Å². The molecule has 5 nitrogen and oxygen atoms in total. The van der Waals surface area contributed by atoms with Crippen molar-refractivity contribution in [1.29, 1.82) is 0 Å². The lowest BCUT2D eigenvalue weighted by Crippen LogP contribution is -2.25. The van der Waals surface area contributed by atoms with Crippen molar-refractivity contribution in [2.75, 3.05) is 19.7 Å². The minimum Gasteiger partial charge on any atom is -0.493 e. The summed E-state index contributed by atoms with van der Waals surface area (Å²) in [6.45, 7) is 10.8. The molecule has 0 spiro atoms. The fraction of sp³-hybridized carbons (Fsp3) is 0.385. The lowest BCUT2D eigenvalue weighted by atomic mass is 10.1. The minimum atomic E-state index is 0.130. The second-order valence-corrected chi connectivity index (χ2v) is 8.38. The highest BCUT2D eigenvalue weighted by Gasteiger charge is 2.33. The summed E-state index contributed by atoms with van der Waals surface area (Å²) in [6.07, 6.45) is 4.27. The van der Waals surface area contributed by atoms with Gasteiger partial charge in [0.25, 0.3) is 0 Å². The lowest BCUT2D eigenvalue weighted by molar-refractivity contribution is -0.127. The topological polar surface area (TPSA) is 47.4 Å². The second kappa shape index (κ2) is 9.38. The van der Waals surface area contributed by atoms with E-state index in [1.54, 1.807) is 6.08 Å². The number of nitrogens with zero attached hydrogens (tertiary/aromatic N) is 3. The van der Waals surface area contributed by atoms with Gasteiger partial charge in [-0.3, -0.25) is 4.79 Å². The third kappa shape index (κ3) is 4.50. The van der Waals surface area contributed by atoms with E-state index in [2.05, 4.69) is 61.4 Å². The number of hydrogen-bond donors (Lipinski definition) is 0. The molecule has 0 radical (unpaired) electrons. The maximum Gasteiger partial charge on any atom is 0.223 e. The predicted octanol–water partition coefficient (Wildman–Crippen LogP) is 5.01. The number of carbonyl (C=O) groups is 1. The number of ether oxygens (including phenoxy) is 1. The molecule has 5 heteroatoms. The molecule has 3 aromatic rings. The summed E-state index contributed by atoms with van der Waals surface area (Å²) >= 11 is 0. The van der Waals surface area contributed by atoms with Gasteiger partial charge >= 0.3 is 0 Å². The maximum absolute atomic E-state index is 12.4. The standard InChI is InChI=1S/C26H31N3O2/c1-4-14-28-18-21(17-24(28)30)26-27-22-12-5-6-13-23(22)29(26)15-7-8-16-31-25-19(2)10-9-11-20(25)3/h4-6,9-13,21H,1,7-8,14-18H2,2-3H3/t21-/m1/s1. The second-order valence-electron chi connectivity index (χ2n) is 8.38. The number of aromatic nitrogens is 2. The van der Waals surface area contributed by atoms with Gasteiger partial charge in [-0.25, -0.2) is 4.98 Å². The van der Waals surface area contributed by atoms with Crippen LogP contribution in [0.15, 0.2) is 55.1 Å². The highest BCUT2D eigenvalue weighted by Crippen LogP contribution is 2.30. The van der Waals surface area contributed by atoms with Crippen LogP contribution >= 0.6 is 0 Å². The molecule has 2 aromatic carbocycles. The summed E-state index contributed by atoms with van der Waals surface area (Å²) < 4.78 is 8.38. The molecule has 1 aromatic heterocycles. The summed E-state index contributed by atoms with van der Waals surface area (Å²) in [7, 11) is 0. The number of unbranched alkanes of at least 4 members (excludes halogenated alkanes) is 1. The highest BCUT2D eigenvalue weighted by molar-refractivity contribution is 5.81. The maximum atomic E-state index is 12.4. The first-order chi connectivity index (χ1) is 15.1. The molecule has 162 valence electrons. The molecule has 0 saturated carbocycles. The molecule has 0 bridgehead atoms. The van der Waals surface area contributed by atoms with Crippen LogP contribution in [-0.2, 0) is 11.3 Å². The molecule has 0 N–H and O–H groups in total. The summed E-state index contributed by atoms with van der Waals surface area (Å²) in [6, 6.07) is 14.5. The van der Waals surface area contributed by atoms with E-state index in [9.17, 15) is 4.79 Å². The number of rotatable bonds is 9. The Balaban J connectivity index is 1.44. The van der Waals surface area contributed by atoms with E-state index in [0.29, 0.717) is 26.1 Å². The number of likely N-dealkylation sites (tertiary alicyclic amines) is 1. The molecule has 0 unspecified atom stereocenters. The predicted molar refractivity (Wildman–Crippen MR) is 125 cm³/mol. The van der Waals surface area contributed by atoms with Gasteiger partial charge in [0.2, 0.25) is 5.91 Å². The van der Waals surface area contributed by atoms with E-state index >= 15 is 0 Å². The number of benzene rings is 2. The van der Waals surface area contributed by atoms with Crippen molar-refractivity contribution in [3.63, 3.8) is 0 Å². The number of imidazole rings is 1. The first kappa shape index (κ1) is 21.2. The Hall–Kier alpha value is -3.08. The molecule has 1 aliphatic rings. The lowest BCUT2D eigenvalue weighted by Gasteiger charge is -2.16. The molecule has 2 heterocycles. The summed E-state index contributed by atoms with van der Waals surface area (Å²) in [5, 5.41) is 0. The molecule has 4 rings (SSSR count). The Bertz CT molecular complexity index is 1070. The van der Waals surface area contributed by atoms with Crippen molar-refractivity contribution in [1.82, 2.24) is 14.5 Å². The van der Waals surface area contributed by atoms with Gasteiger partial charge in [0, 0.05) is 32.0 Å². The van der Waals surface area contributed by atoms with Crippen LogP contribution in [0.5, 0.6) is 5.75 Å². The number of fused-ring (bicyclic) bond motifs is 1. The summed E-state index contributed by atoms with van der Waals surface area (Å²) in [5.41, 5.74) is 4.50. The first-order valence-electron chi connectivity index (χ1n) is 11.1. The van der Waals surface area contributed by atoms with Gasteiger partial charge < -0.3 is 14.2 Å². The van der Waals surface area contributed by atoms with Gasteiger partial charge in [-0.15, -0.1) is 6.58 Å². The quantitative estimate of drug-likeness (QED) is 0.363. The van der Waals surface area contributed by atoms with Gasteiger partial charge in [-0.2, -0.15) is 0 Å². The van der Waals surface area contributed by atoms with Gasteiger partial charge in [0.05, 0.1) is 17.6 Å². The van der Waals surface area contributed by atoms with Crippen LogP contribution in [0.2, 0.25) is 0 Å². The van der Waals surface area contributed by atoms with Gasteiger partial charge in [-0.1, -0.05) is 36.4 Å². The number of carbonyl (C=O) groups excluding carboxylic acids is 1. The molecular formula is C26H31N3O2. The molecule has 1 saturated heterocycles. The first-order valence-corrected chi connectivity index (χ1v) is 11.1. The average Bonchev–Trinajstić information content (AvgIpc) is 3.30. The van der Waals surface area contributed by atoms with Gasteiger partial charge in [-0.05, 0) is 49.9 Å². The van der Waals surface area contributed by atoms with Crippen LogP contribution in [0, 0.1) is 13.8 Å². The number of aryl methyl sites for hydroxylation is 3. The zero-order chi connectivity index (χ0) is 21.8. The third-order valence-corrected chi connectivity index (χ3v) is 6.04. The van der Waals surface area contributed by atoms with E-state index in [0.717, 1.165) is 42.0 Å². The Morgan fingerprint density at radius 1 is 1.13 bits per heavy atom. The Kier molecular flexibility index (Phi) is 6.40. The van der Waals surface area contributed by atoms with Gasteiger partial charge in [0.1, 0.15) is 11.6 Å². The van der Waals surface area contributed by atoms with Crippen LogP contribution in [0.3, 0.4) is 0 Å². The fourth-order valence-corrected chi connectivity index (χ4v) is 4.49. The average molecular weight is 418 g/mol. The van der Waals surface area contributed by atoms with Crippen molar-refractivity contribution < 1.29 is 9.53 Å². The molecule has 0 aliphatic carbocycles.